The summed E-state index contributed by atoms with van der Waals surface area (Å²) in [6, 6.07) is 14.5. The Morgan fingerprint density at radius 3 is 2.26 bits per heavy atom. The van der Waals surface area contributed by atoms with Crippen LogP contribution in [0.5, 0.6) is 0 Å². The Bertz CT molecular complexity index is 829. The molecule has 0 aliphatic carbocycles. The van der Waals surface area contributed by atoms with E-state index >= 15 is 0 Å². The first kappa shape index (κ1) is 19.9. The van der Waals surface area contributed by atoms with Gasteiger partial charge in [-0.1, -0.05) is 49.4 Å². The molecule has 6 nitrogen and oxygen atoms in total. The molecule has 0 aliphatic rings. The van der Waals surface area contributed by atoms with Crippen LogP contribution in [0.25, 0.3) is 0 Å². The van der Waals surface area contributed by atoms with Gasteiger partial charge in [-0.15, -0.1) is 6.58 Å². The maximum absolute atomic E-state index is 12.5. The van der Waals surface area contributed by atoms with Crippen LogP contribution in [0.3, 0.4) is 0 Å². The molecule has 2 rings (SSSR count). The molecule has 0 saturated heterocycles. The molecule has 0 aliphatic heterocycles. The Morgan fingerprint density at radius 1 is 0.926 bits per heavy atom. The maximum Gasteiger partial charge on any atom is 0.313 e. The molecule has 0 atom stereocenters. The van der Waals surface area contributed by atoms with Gasteiger partial charge in [-0.25, -0.2) is 0 Å². The molecular weight excluding hydrogens is 342 g/mol. The van der Waals surface area contributed by atoms with Crippen molar-refractivity contribution in [3.05, 3.63) is 77.9 Å². The van der Waals surface area contributed by atoms with Crippen molar-refractivity contribution in [2.24, 2.45) is 0 Å². The number of para-hydroxylation sites is 1. The zero-order valence-electron chi connectivity index (χ0n) is 15.2. The first-order chi connectivity index (χ1) is 13.0. The molecule has 6 heteroatoms. The van der Waals surface area contributed by atoms with Crippen LogP contribution in [0.4, 0.5) is 5.69 Å². The minimum absolute atomic E-state index is 0.186. The smallest absolute Gasteiger partial charge is 0.313 e. The highest BCUT2D eigenvalue weighted by atomic mass is 16.2. The van der Waals surface area contributed by atoms with Crippen LogP contribution in [0, 0.1) is 0 Å². The minimum Gasteiger partial charge on any atom is -0.348 e. The van der Waals surface area contributed by atoms with Gasteiger partial charge in [-0.3, -0.25) is 14.4 Å². The number of aryl methyl sites for hydroxylation is 1. The van der Waals surface area contributed by atoms with E-state index in [0.29, 0.717) is 6.54 Å². The Hall–Kier alpha value is -3.41. The number of anilines is 1. The Morgan fingerprint density at radius 2 is 1.59 bits per heavy atom. The molecule has 140 valence electrons. The van der Waals surface area contributed by atoms with Crippen LogP contribution in [0.1, 0.15) is 28.4 Å². The number of amides is 3. The van der Waals surface area contributed by atoms with Gasteiger partial charge in [0.15, 0.2) is 0 Å². The van der Waals surface area contributed by atoms with Crippen LogP contribution >= 0.6 is 0 Å². The SMILES string of the molecule is C=CCNC(=O)C(=O)Nc1ccccc1C(=O)NCc1ccc(CC)cc1. The molecular formula is C21H23N3O3. The van der Waals surface area contributed by atoms with Crippen molar-refractivity contribution in [2.75, 3.05) is 11.9 Å². The van der Waals surface area contributed by atoms with Crippen molar-refractivity contribution in [3.8, 4) is 0 Å². The summed E-state index contributed by atoms with van der Waals surface area (Å²) in [6.07, 6.45) is 2.43. The fourth-order valence-electron chi connectivity index (χ4n) is 2.38. The minimum atomic E-state index is -0.841. The van der Waals surface area contributed by atoms with Crippen LogP contribution < -0.4 is 16.0 Å². The van der Waals surface area contributed by atoms with Crippen LogP contribution in [-0.2, 0) is 22.6 Å². The standard InChI is InChI=1S/C21H23N3O3/c1-3-13-22-20(26)21(27)24-18-8-6-5-7-17(18)19(25)23-14-16-11-9-15(4-2)10-12-16/h3,5-12H,1,4,13-14H2,2H3,(H,22,26)(H,23,25)(H,24,27). The van der Waals surface area contributed by atoms with Gasteiger partial charge in [0.25, 0.3) is 5.91 Å². The Kier molecular flexibility index (Phi) is 7.31. The molecule has 0 bridgehead atoms. The molecule has 27 heavy (non-hydrogen) atoms. The van der Waals surface area contributed by atoms with E-state index in [1.54, 1.807) is 24.3 Å². The van der Waals surface area contributed by atoms with Gasteiger partial charge in [0.05, 0.1) is 11.3 Å². The first-order valence-electron chi connectivity index (χ1n) is 8.70. The molecule has 2 aromatic carbocycles. The summed E-state index contributed by atoms with van der Waals surface area (Å²) < 4.78 is 0. The van der Waals surface area contributed by atoms with E-state index in [1.807, 2.05) is 24.3 Å². The third-order valence-electron chi connectivity index (χ3n) is 3.92. The number of hydrogen-bond donors (Lipinski definition) is 3. The lowest BCUT2D eigenvalue weighted by atomic mass is 10.1. The van der Waals surface area contributed by atoms with Crippen molar-refractivity contribution in [1.82, 2.24) is 10.6 Å². The van der Waals surface area contributed by atoms with Gasteiger partial charge in [-0.2, -0.15) is 0 Å². The largest absolute Gasteiger partial charge is 0.348 e. The summed E-state index contributed by atoms with van der Waals surface area (Å²) in [5, 5.41) is 7.68. The molecule has 0 saturated carbocycles. The van der Waals surface area contributed by atoms with Crippen molar-refractivity contribution in [1.29, 1.82) is 0 Å². The highest BCUT2D eigenvalue weighted by Crippen LogP contribution is 2.15. The van der Waals surface area contributed by atoms with Crippen molar-refractivity contribution < 1.29 is 14.4 Å². The number of hydrogen-bond acceptors (Lipinski definition) is 3. The second kappa shape index (κ2) is 9.91. The zero-order chi connectivity index (χ0) is 19.6. The quantitative estimate of drug-likeness (QED) is 0.520. The third kappa shape index (κ3) is 5.81. The van der Waals surface area contributed by atoms with Gasteiger partial charge < -0.3 is 16.0 Å². The van der Waals surface area contributed by atoms with Gasteiger partial charge >= 0.3 is 11.8 Å². The fraction of sp³-hybridized carbons (Fsp3) is 0.190. The topological polar surface area (TPSA) is 87.3 Å². The van der Waals surface area contributed by atoms with Crippen LogP contribution in [-0.4, -0.2) is 24.3 Å². The van der Waals surface area contributed by atoms with Crippen molar-refractivity contribution >= 4 is 23.4 Å². The molecule has 0 spiro atoms. The highest BCUT2D eigenvalue weighted by molar-refractivity contribution is 6.40. The van der Waals surface area contributed by atoms with E-state index in [1.165, 1.54) is 11.6 Å². The fourth-order valence-corrected chi connectivity index (χ4v) is 2.38. The average Bonchev–Trinajstić information content (AvgIpc) is 2.70. The first-order valence-corrected chi connectivity index (χ1v) is 8.70. The van der Waals surface area contributed by atoms with Crippen LogP contribution in [0.2, 0.25) is 0 Å². The van der Waals surface area contributed by atoms with Crippen molar-refractivity contribution in [2.45, 2.75) is 19.9 Å². The summed E-state index contributed by atoms with van der Waals surface area (Å²) in [6.45, 7) is 6.10. The number of benzene rings is 2. The summed E-state index contributed by atoms with van der Waals surface area (Å²) >= 11 is 0. The molecule has 0 radical (unpaired) electrons. The van der Waals surface area contributed by atoms with Gasteiger partial charge in [0, 0.05) is 13.1 Å². The normalized spacial score (nSPS) is 9.96. The predicted molar refractivity (Wildman–Crippen MR) is 105 cm³/mol. The monoisotopic (exact) mass is 365 g/mol. The van der Waals surface area contributed by atoms with Gasteiger partial charge in [-0.05, 0) is 29.7 Å². The lowest BCUT2D eigenvalue weighted by molar-refractivity contribution is -0.136. The summed E-state index contributed by atoms with van der Waals surface area (Å²) in [5.41, 5.74) is 2.77. The molecule has 2 aromatic rings. The molecule has 0 unspecified atom stereocenters. The average molecular weight is 365 g/mol. The molecule has 0 heterocycles. The maximum atomic E-state index is 12.5. The summed E-state index contributed by atoms with van der Waals surface area (Å²) in [7, 11) is 0. The second-order valence-corrected chi connectivity index (χ2v) is 5.85. The number of rotatable bonds is 7. The van der Waals surface area contributed by atoms with E-state index in [2.05, 4.69) is 29.5 Å². The Labute approximate surface area is 158 Å². The number of nitrogens with one attached hydrogen (secondary N) is 3. The Balaban J connectivity index is 2.02. The zero-order valence-corrected chi connectivity index (χ0v) is 15.2. The predicted octanol–water partition coefficient (Wildman–Crippen LogP) is 2.42. The van der Waals surface area contributed by atoms with E-state index < -0.39 is 11.8 Å². The van der Waals surface area contributed by atoms with E-state index in [4.69, 9.17) is 0 Å². The molecule has 0 aromatic heterocycles. The molecule has 0 fully saturated rings. The van der Waals surface area contributed by atoms with E-state index in [9.17, 15) is 14.4 Å². The molecule has 3 N–H and O–H groups in total. The second-order valence-electron chi connectivity index (χ2n) is 5.85. The summed E-state index contributed by atoms with van der Waals surface area (Å²) in [5.74, 6) is -1.97. The van der Waals surface area contributed by atoms with Crippen molar-refractivity contribution in [3.63, 3.8) is 0 Å². The van der Waals surface area contributed by atoms with E-state index in [0.717, 1.165) is 12.0 Å². The number of carbonyl (C=O) groups is 3. The third-order valence-corrected chi connectivity index (χ3v) is 3.92. The van der Waals surface area contributed by atoms with E-state index in [-0.39, 0.29) is 23.7 Å². The van der Waals surface area contributed by atoms with Gasteiger partial charge in [0.2, 0.25) is 0 Å². The lowest BCUT2D eigenvalue weighted by Crippen LogP contribution is -2.36. The highest BCUT2D eigenvalue weighted by Gasteiger charge is 2.17. The molecule has 3 amide bonds. The van der Waals surface area contributed by atoms with Gasteiger partial charge in [0.1, 0.15) is 0 Å². The number of carbonyl (C=O) groups excluding carboxylic acids is 3. The van der Waals surface area contributed by atoms with Crippen LogP contribution in [0.15, 0.2) is 61.2 Å². The summed E-state index contributed by atoms with van der Waals surface area (Å²) in [4.78, 5) is 36.1. The lowest BCUT2D eigenvalue weighted by Gasteiger charge is -2.11.